The van der Waals surface area contributed by atoms with Crippen LogP contribution < -0.4 is 10.2 Å². The number of hydrogen-bond donors (Lipinski definition) is 1. The number of aryl methyl sites for hydroxylation is 1. The molecule has 0 saturated carbocycles. The standard InChI is InChI=1S/C19H24ClN7/c1-3-26-8-10-27(11-9-26)19-23-17(16-13-22-25(2)18(16)24-19)21-12-14-4-6-15(20)7-5-14/h4-7,13H,3,8-12H2,1-2H3,(H,21,23,24). The van der Waals surface area contributed by atoms with Gasteiger partial charge < -0.3 is 15.1 Å². The fourth-order valence-corrected chi connectivity index (χ4v) is 3.46. The van der Waals surface area contributed by atoms with Gasteiger partial charge in [-0.05, 0) is 24.2 Å². The minimum absolute atomic E-state index is 0.668. The summed E-state index contributed by atoms with van der Waals surface area (Å²) in [7, 11) is 1.91. The predicted molar refractivity (Wildman–Crippen MR) is 109 cm³/mol. The van der Waals surface area contributed by atoms with E-state index in [1.807, 2.05) is 37.5 Å². The third-order valence-electron chi connectivity index (χ3n) is 5.06. The number of anilines is 2. The third-order valence-corrected chi connectivity index (χ3v) is 5.31. The summed E-state index contributed by atoms with van der Waals surface area (Å²) in [6.45, 7) is 7.91. The molecular formula is C19H24ClN7. The van der Waals surface area contributed by atoms with Gasteiger partial charge in [0.05, 0.1) is 11.6 Å². The molecule has 1 aliphatic heterocycles. The minimum Gasteiger partial charge on any atom is -0.365 e. The number of halogens is 1. The Balaban J connectivity index is 1.60. The average Bonchev–Trinajstić information content (AvgIpc) is 3.08. The summed E-state index contributed by atoms with van der Waals surface area (Å²) in [5.74, 6) is 1.58. The van der Waals surface area contributed by atoms with Crippen molar-refractivity contribution in [3.05, 3.63) is 41.0 Å². The fraction of sp³-hybridized carbons (Fsp3) is 0.421. The van der Waals surface area contributed by atoms with Gasteiger partial charge in [0, 0.05) is 44.8 Å². The van der Waals surface area contributed by atoms with Crippen LogP contribution in [0.15, 0.2) is 30.5 Å². The van der Waals surface area contributed by atoms with E-state index in [1.54, 1.807) is 4.68 Å². The molecule has 1 aromatic carbocycles. The molecule has 27 heavy (non-hydrogen) atoms. The number of aromatic nitrogens is 4. The quantitative estimate of drug-likeness (QED) is 0.728. The lowest BCUT2D eigenvalue weighted by Gasteiger charge is -2.34. The second-order valence-electron chi connectivity index (χ2n) is 6.78. The van der Waals surface area contributed by atoms with Gasteiger partial charge in [-0.2, -0.15) is 15.1 Å². The summed E-state index contributed by atoms with van der Waals surface area (Å²) in [6, 6.07) is 7.83. The molecule has 3 aromatic rings. The van der Waals surface area contributed by atoms with Crippen LogP contribution in [0.4, 0.5) is 11.8 Å². The maximum Gasteiger partial charge on any atom is 0.229 e. The van der Waals surface area contributed by atoms with Gasteiger partial charge in [0.2, 0.25) is 5.95 Å². The van der Waals surface area contributed by atoms with Crippen LogP contribution >= 0.6 is 11.6 Å². The number of hydrogen-bond acceptors (Lipinski definition) is 6. The summed E-state index contributed by atoms with van der Waals surface area (Å²) < 4.78 is 1.80. The Morgan fingerprint density at radius 2 is 1.81 bits per heavy atom. The highest BCUT2D eigenvalue weighted by atomic mass is 35.5. The van der Waals surface area contributed by atoms with E-state index in [4.69, 9.17) is 21.6 Å². The van der Waals surface area contributed by atoms with Gasteiger partial charge >= 0.3 is 0 Å². The van der Waals surface area contributed by atoms with E-state index in [1.165, 1.54) is 0 Å². The van der Waals surface area contributed by atoms with Crippen LogP contribution in [0.25, 0.3) is 11.0 Å². The van der Waals surface area contributed by atoms with E-state index in [2.05, 4.69) is 27.1 Å². The predicted octanol–water partition coefficient (Wildman–Crippen LogP) is 2.77. The maximum absolute atomic E-state index is 5.98. The van der Waals surface area contributed by atoms with Crippen LogP contribution in [0, 0.1) is 0 Å². The number of rotatable bonds is 5. The first kappa shape index (κ1) is 18.0. The van der Waals surface area contributed by atoms with Crippen molar-refractivity contribution in [2.75, 3.05) is 42.9 Å². The van der Waals surface area contributed by atoms with Gasteiger partial charge in [-0.15, -0.1) is 0 Å². The Bertz CT molecular complexity index is 914. The zero-order valence-electron chi connectivity index (χ0n) is 15.7. The zero-order valence-corrected chi connectivity index (χ0v) is 16.4. The molecule has 4 rings (SSSR count). The van der Waals surface area contributed by atoms with Crippen molar-refractivity contribution < 1.29 is 0 Å². The second kappa shape index (κ2) is 7.70. The molecule has 1 saturated heterocycles. The van der Waals surface area contributed by atoms with Crippen LogP contribution in [-0.2, 0) is 13.6 Å². The van der Waals surface area contributed by atoms with Crippen molar-refractivity contribution in [1.29, 1.82) is 0 Å². The highest BCUT2D eigenvalue weighted by molar-refractivity contribution is 6.30. The van der Waals surface area contributed by atoms with E-state index >= 15 is 0 Å². The van der Waals surface area contributed by atoms with Gasteiger partial charge in [0.25, 0.3) is 0 Å². The molecule has 2 aromatic heterocycles. The Hall–Kier alpha value is -2.38. The Morgan fingerprint density at radius 3 is 2.52 bits per heavy atom. The minimum atomic E-state index is 0.668. The number of piperazine rings is 1. The molecule has 0 atom stereocenters. The SMILES string of the molecule is CCN1CCN(c2nc(NCc3ccc(Cl)cc3)c3cnn(C)c3n2)CC1. The van der Waals surface area contributed by atoms with Crippen LogP contribution in [0.1, 0.15) is 12.5 Å². The molecule has 1 fully saturated rings. The number of nitrogens with zero attached hydrogens (tertiary/aromatic N) is 6. The highest BCUT2D eigenvalue weighted by Crippen LogP contribution is 2.24. The molecule has 0 aliphatic carbocycles. The zero-order chi connectivity index (χ0) is 18.8. The summed E-state index contributed by atoms with van der Waals surface area (Å²) in [4.78, 5) is 14.3. The van der Waals surface area contributed by atoms with Gasteiger partial charge in [0.1, 0.15) is 5.82 Å². The van der Waals surface area contributed by atoms with Crippen molar-refractivity contribution in [2.45, 2.75) is 13.5 Å². The topological polar surface area (TPSA) is 62.1 Å². The number of nitrogens with one attached hydrogen (secondary N) is 1. The summed E-state index contributed by atoms with van der Waals surface area (Å²) in [5.41, 5.74) is 1.99. The van der Waals surface area contributed by atoms with Crippen LogP contribution in [0.2, 0.25) is 5.02 Å². The van der Waals surface area contributed by atoms with Crippen LogP contribution in [0.5, 0.6) is 0 Å². The first-order valence-corrected chi connectivity index (χ1v) is 9.67. The van der Waals surface area contributed by atoms with Crippen LogP contribution in [-0.4, -0.2) is 57.4 Å². The lowest BCUT2D eigenvalue weighted by atomic mass is 10.2. The number of fused-ring (bicyclic) bond motifs is 1. The number of likely N-dealkylation sites (N-methyl/N-ethyl adjacent to an activating group) is 1. The summed E-state index contributed by atoms with van der Waals surface area (Å²) in [6.07, 6.45) is 1.82. The Kier molecular flexibility index (Phi) is 5.13. The smallest absolute Gasteiger partial charge is 0.229 e. The second-order valence-corrected chi connectivity index (χ2v) is 7.22. The monoisotopic (exact) mass is 385 g/mol. The van der Waals surface area contributed by atoms with Gasteiger partial charge in [0.15, 0.2) is 5.65 Å². The first-order chi connectivity index (χ1) is 13.1. The van der Waals surface area contributed by atoms with Crippen molar-refractivity contribution in [2.24, 2.45) is 7.05 Å². The Morgan fingerprint density at radius 1 is 1.07 bits per heavy atom. The number of benzene rings is 1. The van der Waals surface area contributed by atoms with E-state index in [9.17, 15) is 0 Å². The molecule has 7 nitrogen and oxygen atoms in total. The first-order valence-electron chi connectivity index (χ1n) is 9.29. The average molecular weight is 386 g/mol. The van der Waals surface area contributed by atoms with E-state index in [0.29, 0.717) is 6.54 Å². The molecule has 0 amide bonds. The fourth-order valence-electron chi connectivity index (χ4n) is 3.34. The molecule has 0 unspecified atom stereocenters. The maximum atomic E-state index is 5.98. The van der Waals surface area contributed by atoms with Crippen LogP contribution in [0.3, 0.4) is 0 Å². The molecule has 0 spiro atoms. The summed E-state index contributed by atoms with van der Waals surface area (Å²) >= 11 is 5.98. The molecule has 0 radical (unpaired) electrons. The van der Waals surface area contributed by atoms with E-state index in [0.717, 1.165) is 66.1 Å². The highest BCUT2D eigenvalue weighted by Gasteiger charge is 2.20. The molecule has 142 valence electrons. The Labute approximate surface area is 164 Å². The van der Waals surface area contributed by atoms with Gasteiger partial charge in [-0.3, -0.25) is 4.68 Å². The largest absolute Gasteiger partial charge is 0.365 e. The van der Waals surface area contributed by atoms with E-state index < -0.39 is 0 Å². The third kappa shape index (κ3) is 3.84. The van der Waals surface area contributed by atoms with Crippen molar-refractivity contribution in [3.8, 4) is 0 Å². The normalized spacial score (nSPS) is 15.4. The lowest BCUT2D eigenvalue weighted by molar-refractivity contribution is 0.270. The van der Waals surface area contributed by atoms with Crippen molar-refractivity contribution in [1.82, 2.24) is 24.6 Å². The molecule has 1 N–H and O–H groups in total. The summed E-state index contributed by atoms with van der Waals surface area (Å²) in [5, 5.41) is 9.49. The van der Waals surface area contributed by atoms with Crippen molar-refractivity contribution >= 4 is 34.4 Å². The van der Waals surface area contributed by atoms with Gasteiger partial charge in [-0.1, -0.05) is 30.7 Å². The lowest BCUT2D eigenvalue weighted by Crippen LogP contribution is -2.46. The molecule has 0 bridgehead atoms. The molecular weight excluding hydrogens is 362 g/mol. The van der Waals surface area contributed by atoms with Gasteiger partial charge in [-0.25, -0.2) is 0 Å². The molecule has 8 heteroatoms. The van der Waals surface area contributed by atoms with Crippen molar-refractivity contribution in [3.63, 3.8) is 0 Å². The molecule has 3 heterocycles. The molecule has 1 aliphatic rings. The van der Waals surface area contributed by atoms with E-state index in [-0.39, 0.29) is 0 Å².